The molecule has 0 aliphatic carbocycles. The Balaban J connectivity index is 2.21. The van der Waals surface area contributed by atoms with Gasteiger partial charge in [-0.25, -0.2) is 0 Å². The fraction of sp³-hybridized carbons (Fsp3) is 0.0625. The summed E-state index contributed by atoms with van der Waals surface area (Å²) in [4.78, 5) is 7.87. The Kier molecular flexibility index (Phi) is 2.03. The highest BCUT2D eigenvalue weighted by atomic mass is 16.5. The van der Waals surface area contributed by atoms with Crippen molar-refractivity contribution in [2.24, 2.45) is 0 Å². The van der Waals surface area contributed by atoms with Gasteiger partial charge in [0.1, 0.15) is 5.75 Å². The van der Waals surface area contributed by atoms with Crippen LogP contribution in [0.3, 0.4) is 0 Å². The maximum atomic E-state index is 5.30. The van der Waals surface area contributed by atoms with Gasteiger partial charge in [-0.05, 0) is 36.4 Å². The van der Waals surface area contributed by atoms with Crippen LogP contribution in [0.4, 0.5) is 0 Å². The van der Waals surface area contributed by atoms with E-state index in [-0.39, 0.29) is 0 Å². The Hall–Kier alpha value is -2.55. The lowest BCUT2D eigenvalue weighted by Crippen LogP contribution is -1.80. The topological polar surface area (TPSA) is 37.9 Å². The first-order valence-electron chi connectivity index (χ1n) is 6.20. The van der Waals surface area contributed by atoms with Crippen molar-refractivity contribution in [3.8, 4) is 5.75 Å². The summed E-state index contributed by atoms with van der Waals surface area (Å²) in [6, 6.07) is 14.3. The monoisotopic (exact) mass is 248 g/mol. The van der Waals surface area contributed by atoms with Gasteiger partial charge in [0, 0.05) is 27.9 Å². The molecule has 0 spiro atoms. The molecule has 0 aliphatic rings. The van der Waals surface area contributed by atoms with Crippen molar-refractivity contribution >= 4 is 32.7 Å². The number of ether oxygens (including phenoxy) is 1. The Morgan fingerprint density at radius 2 is 1.95 bits per heavy atom. The van der Waals surface area contributed by atoms with Gasteiger partial charge in [-0.3, -0.25) is 4.98 Å². The molecular formula is C16H12N2O. The molecule has 0 amide bonds. The minimum Gasteiger partial charge on any atom is -0.497 e. The quantitative estimate of drug-likeness (QED) is 0.555. The van der Waals surface area contributed by atoms with Crippen LogP contribution in [0.15, 0.2) is 48.7 Å². The number of hydrogen-bond acceptors (Lipinski definition) is 2. The lowest BCUT2D eigenvalue weighted by molar-refractivity contribution is 0.415. The van der Waals surface area contributed by atoms with Crippen molar-refractivity contribution in [1.29, 1.82) is 0 Å². The van der Waals surface area contributed by atoms with Gasteiger partial charge in [-0.2, -0.15) is 0 Å². The summed E-state index contributed by atoms with van der Waals surface area (Å²) < 4.78 is 5.30. The Bertz CT molecular complexity index is 908. The summed E-state index contributed by atoms with van der Waals surface area (Å²) in [6.45, 7) is 0. The van der Waals surface area contributed by atoms with Crippen LogP contribution in [-0.2, 0) is 0 Å². The van der Waals surface area contributed by atoms with Crippen molar-refractivity contribution in [3.63, 3.8) is 0 Å². The average Bonchev–Trinajstić information content (AvgIpc) is 2.85. The number of benzene rings is 2. The lowest BCUT2D eigenvalue weighted by Gasteiger charge is -1.99. The number of fused-ring (bicyclic) bond motifs is 5. The molecule has 0 radical (unpaired) electrons. The molecule has 2 aromatic carbocycles. The summed E-state index contributed by atoms with van der Waals surface area (Å²) in [5.41, 5.74) is 3.26. The molecule has 0 saturated carbocycles. The molecule has 19 heavy (non-hydrogen) atoms. The summed E-state index contributed by atoms with van der Waals surface area (Å²) in [5, 5.41) is 3.53. The minimum atomic E-state index is 0.875. The maximum absolute atomic E-state index is 5.30. The fourth-order valence-electron chi connectivity index (χ4n) is 2.63. The zero-order valence-electron chi connectivity index (χ0n) is 10.5. The van der Waals surface area contributed by atoms with E-state index in [1.54, 1.807) is 7.11 Å². The fourth-order valence-corrected chi connectivity index (χ4v) is 2.63. The smallest absolute Gasteiger partial charge is 0.119 e. The van der Waals surface area contributed by atoms with Crippen LogP contribution in [0.5, 0.6) is 5.75 Å². The Morgan fingerprint density at radius 1 is 1.00 bits per heavy atom. The van der Waals surface area contributed by atoms with Crippen LogP contribution in [0, 0.1) is 0 Å². The third kappa shape index (κ3) is 1.41. The molecular weight excluding hydrogens is 236 g/mol. The van der Waals surface area contributed by atoms with E-state index in [1.165, 1.54) is 10.8 Å². The van der Waals surface area contributed by atoms with Gasteiger partial charge < -0.3 is 9.72 Å². The third-order valence-corrected chi connectivity index (χ3v) is 3.56. The van der Waals surface area contributed by atoms with Crippen molar-refractivity contribution in [2.75, 3.05) is 7.11 Å². The van der Waals surface area contributed by atoms with E-state index in [1.807, 2.05) is 18.3 Å². The zero-order chi connectivity index (χ0) is 12.8. The van der Waals surface area contributed by atoms with E-state index in [9.17, 15) is 0 Å². The van der Waals surface area contributed by atoms with Crippen molar-refractivity contribution < 1.29 is 4.74 Å². The van der Waals surface area contributed by atoms with Gasteiger partial charge in [0.05, 0.1) is 18.1 Å². The molecule has 3 heteroatoms. The second kappa shape index (κ2) is 3.72. The maximum Gasteiger partial charge on any atom is 0.119 e. The van der Waals surface area contributed by atoms with Crippen molar-refractivity contribution in [1.82, 2.24) is 9.97 Å². The highest BCUT2D eigenvalue weighted by Crippen LogP contribution is 2.32. The van der Waals surface area contributed by atoms with Gasteiger partial charge in [0.15, 0.2) is 0 Å². The van der Waals surface area contributed by atoms with E-state index in [0.29, 0.717) is 0 Å². The normalized spacial score (nSPS) is 11.4. The molecule has 4 aromatic rings. The van der Waals surface area contributed by atoms with Crippen molar-refractivity contribution in [3.05, 3.63) is 48.7 Å². The van der Waals surface area contributed by atoms with Gasteiger partial charge in [0.25, 0.3) is 0 Å². The van der Waals surface area contributed by atoms with Gasteiger partial charge >= 0.3 is 0 Å². The first-order chi connectivity index (χ1) is 9.36. The van der Waals surface area contributed by atoms with Crippen LogP contribution in [-0.4, -0.2) is 17.1 Å². The van der Waals surface area contributed by atoms with E-state index in [2.05, 4.69) is 40.3 Å². The summed E-state index contributed by atoms with van der Waals surface area (Å²) in [6.07, 6.45) is 1.82. The van der Waals surface area contributed by atoms with Crippen LogP contribution >= 0.6 is 0 Å². The Morgan fingerprint density at radius 3 is 2.84 bits per heavy atom. The van der Waals surface area contributed by atoms with Crippen LogP contribution < -0.4 is 4.74 Å². The van der Waals surface area contributed by atoms with Gasteiger partial charge in [0.2, 0.25) is 0 Å². The number of H-pyrrole nitrogens is 1. The third-order valence-electron chi connectivity index (χ3n) is 3.56. The lowest BCUT2D eigenvalue weighted by atomic mass is 10.1. The predicted octanol–water partition coefficient (Wildman–Crippen LogP) is 3.88. The van der Waals surface area contributed by atoms with Crippen molar-refractivity contribution in [2.45, 2.75) is 0 Å². The number of methoxy groups -OCH3 is 1. The molecule has 0 saturated heterocycles. The summed E-state index contributed by atoms with van der Waals surface area (Å²) in [7, 11) is 1.69. The van der Waals surface area contributed by atoms with Crippen LogP contribution in [0.25, 0.3) is 32.7 Å². The molecule has 4 rings (SSSR count). The molecule has 2 aromatic heterocycles. The highest BCUT2D eigenvalue weighted by Gasteiger charge is 2.08. The average molecular weight is 248 g/mol. The molecule has 0 atom stereocenters. The number of pyridine rings is 1. The summed E-state index contributed by atoms with van der Waals surface area (Å²) >= 11 is 0. The number of hydrogen-bond donors (Lipinski definition) is 1. The standard InChI is InChI=1S/C16H12N2O/c1-19-10-4-6-15-13(9-10)11-5-7-14-12(16(11)18-15)3-2-8-17-14/h2-9,18H,1H3. The molecule has 92 valence electrons. The van der Waals surface area contributed by atoms with E-state index in [4.69, 9.17) is 4.74 Å². The first kappa shape index (κ1) is 10.4. The predicted molar refractivity (Wildman–Crippen MR) is 77.7 cm³/mol. The minimum absolute atomic E-state index is 0.875. The number of nitrogens with one attached hydrogen (secondary N) is 1. The molecule has 0 aliphatic heterocycles. The van der Waals surface area contributed by atoms with E-state index in [0.717, 1.165) is 27.7 Å². The Labute approximate surface area is 109 Å². The number of aromatic nitrogens is 2. The number of aromatic amines is 1. The SMILES string of the molecule is COc1ccc2[nH]c3c4cccnc4ccc3c2c1. The molecule has 0 unspecified atom stereocenters. The van der Waals surface area contributed by atoms with Gasteiger partial charge in [-0.15, -0.1) is 0 Å². The summed E-state index contributed by atoms with van der Waals surface area (Å²) in [5.74, 6) is 0.875. The molecule has 0 fully saturated rings. The second-order valence-electron chi connectivity index (χ2n) is 4.59. The highest BCUT2D eigenvalue weighted by molar-refractivity contribution is 6.16. The molecule has 1 N–H and O–H groups in total. The number of rotatable bonds is 1. The largest absolute Gasteiger partial charge is 0.497 e. The van der Waals surface area contributed by atoms with Gasteiger partial charge in [-0.1, -0.05) is 6.07 Å². The molecule has 0 bridgehead atoms. The zero-order valence-corrected chi connectivity index (χ0v) is 10.5. The molecule has 2 heterocycles. The van der Waals surface area contributed by atoms with E-state index < -0.39 is 0 Å². The number of nitrogens with zero attached hydrogens (tertiary/aromatic N) is 1. The first-order valence-corrected chi connectivity index (χ1v) is 6.20. The second-order valence-corrected chi connectivity index (χ2v) is 4.59. The van der Waals surface area contributed by atoms with Crippen LogP contribution in [0.1, 0.15) is 0 Å². The molecule has 3 nitrogen and oxygen atoms in total. The van der Waals surface area contributed by atoms with Crippen LogP contribution in [0.2, 0.25) is 0 Å². The van der Waals surface area contributed by atoms with E-state index >= 15 is 0 Å².